The Labute approximate surface area is 117 Å². The minimum atomic E-state index is 0.145. The smallest absolute Gasteiger partial charge is 0.126 e. The summed E-state index contributed by atoms with van der Waals surface area (Å²) in [6.07, 6.45) is 0. The molecule has 98 valence electrons. The van der Waals surface area contributed by atoms with Gasteiger partial charge in [0, 0.05) is 6.54 Å². The highest BCUT2D eigenvalue weighted by Crippen LogP contribution is 2.23. The van der Waals surface area contributed by atoms with E-state index in [0.29, 0.717) is 22.8 Å². The molecule has 0 saturated carbocycles. The number of benzene rings is 2. The Bertz CT molecular complexity index is 570. The third-order valence-electron chi connectivity index (χ3n) is 2.74. The van der Waals surface area contributed by atoms with Crippen LogP contribution < -0.4 is 10.1 Å². The maximum absolute atomic E-state index is 9.82. The molecule has 0 radical (unpaired) electrons. The van der Waals surface area contributed by atoms with Crippen LogP contribution in [0.25, 0.3) is 0 Å². The van der Waals surface area contributed by atoms with E-state index in [0.717, 1.165) is 5.56 Å². The molecule has 2 aromatic rings. The molecule has 2 N–H and O–H groups in total. The fourth-order valence-electron chi connectivity index (χ4n) is 1.70. The highest BCUT2D eigenvalue weighted by Gasteiger charge is 2.08. The van der Waals surface area contributed by atoms with Crippen molar-refractivity contribution in [3.63, 3.8) is 0 Å². The van der Waals surface area contributed by atoms with Crippen LogP contribution in [0.4, 0.5) is 0 Å². The number of methoxy groups -OCH3 is 1. The zero-order valence-electron chi connectivity index (χ0n) is 10.6. The van der Waals surface area contributed by atoms with Crippen LogP contribution in [0.1, 0.15) is 11.1 Å². The third-order valence-corrected chi connectivity index (χ3v) is 3.11. The van der Waals surface area contributed by atoms with Crippen LogP contribution >= 0.6 is 12.2 Å². The summed E-state index contributed by atoms with van der Waals surface area (Å²) >= 11 is 5.29. The first-order chi connectivity index (χ1) is 9.20. The Kier molecular flexibility index (Phi) is 4.36. The van der Waals surface area contributed by atoms with Crippen molar-refractivity contribution in [1.82, 2.24) is 5.32 Å². The van der Waals surface area contributed by atoms with Crippen LogP contribution in [0.15, 0.2) is 48.5 Å². The molecule has 0 spiro atoms. The van der Waals surface area contributed by atoms with Crippen molar-refractivity contribution in [2.24, 2.45) is 0 Å². The van der Waals surface area contributed by atoms with Crippen molar-refractivity contribution >= 4 is 17.2 Å². The normalized spacial score (nSPS) is 9.95. The van der Waals surface area contributed by atoms with E-state index >= 15 is 0 Å². The predicted molar refractivity (Wildman–Crippen MR) is 79.6 cm³/mol. The van der Waals surface area contributed by atoms with Gasteiger partial charge in [-0.15, -0.1) is 0 Å². The van der Waals surface area contributed by atoms with Crippen molar-refractivity contribution in [3.05, 3.63) is 59.7 Å². The number of hydrogen-bond donors (Lipinski definition) is 2. The van der Waals surface area contributed by atoms with E-state index in [9.17, 15) is 5.11 Å². The molecule has 19 heavy (non-hydrogen) atoms. The largest absolute Gasteiger partial charge is 0.507 e. The van der Waals surface area contributed by atoms with E-state index in [-0.39, 0.29) is 5.75 Å². The molecular formula is C15H15NO2S. The number of phenolic OH excluding ortho intramolecular Hbond substituents is 1. The Morgan fingerprint density at radius 1 is 1.21 bits per heavy atom. The lowest BCUT2D eigenvalue weighted by molar-refractivity contribution is 0.412. The average Bonchev–Trinajstić information content (AvgIpc) is 2.46. The Balaban J connectivity index is 2.08. The minimum absolute atomic E-state index is 0.145. The lowest BCUT2D eigenvalue weighted by Crippen LogP contribution is -2.21. The van der Waals surface area contributed by atoms with Gasteiger partial charge in [-0.05, 0) is 23.8 Å². The topological polar surface area (TPSA) is 41.5 Å². The summed E-state index contributed by atoms with van der Waals surface area (Å²) in [4.78, 5) is 0.500. The minimum Gasteiger partial charge on any atom is -0.507 e. The Morgan fingerprint density at radius 2 is 1.95 bits per heavy atom. The number of thiocarbonyl (C=S) groups is 1. The van der Waals surface area contributed by atoms with Gasteiger partial charge in [0.05, 0.1) is 12.7 Å². The van der Waals surface area contributed by atoms with Crippen molar-refractivity contribution in [1.29, 1.82) is 0 Å². The van der Waals surface area contributed by atoms with Crippen LogP contribution in [-0.4, -0.2) is 17.2 Å². The molecule has 3 nitrogen and oxygen atoms in total. The number of hydrogen-bond acceptors (Lipinski definition) is 3. The zero-order valence-corrected chi connectivity index (χ0v) is 11.4. The van der Waals surface area contributed by atoms with Crippen molar-refractivity contribution in [2.75, 3.05) is 7.11 Å². The molecule has 0 heterocycles. The molecule has 0 aliphatic rings. The van der Waals surface area contributed by atoms with E-state index < -0.39 is 0 Å². The summed E-state index contributed by atoms with van der Waals surface area (Å²) in [5, 5.41) is 12.9. The van der Waals surface area contributed by atoms with Gasteiger partial charge in [0.2, 0.25) is 0 Å². The lowest BCUT2D eigenvalue weighted by atomic mass is 10.1. The first kappa shape index (κ1) is 13.4. The molecule has 0 bridgehead atoms. The standard InChI is InChI=1S/C15H15NO2S/c1-18-12-7-8-14(17)13(9-12)15(19)16-10-11-5-3-2-4-6-11/h2-9,17H,10H2,1H3,(H,16,19). The average molecular weight is 273 g/mol. The molecule has 0 fully saturated rings. The van der Waals surface area contributed by atoms with Crippen molar-refractivity contribution in [3.8, 4) is 11.5 Å². The lowest BCUT2D eigenvalue weighted by Gasteiger charge is -2.11. The number of ether oxygens (including phenoxy) is 1. The molecule has 0 amide bonds. The monoisotopic (exact) mass is 273 g/mol. The van der Waals surface area contributed by atoms with E-state index in [1.807, 2.05) is 30.3 Å². The van der Waals surface area contributed by atoms with E-state index in [1.54, 1.807) is 25.3 Å². The van der Waals surface area contributed by atoms with Crippen LogP contribution in [0, 0.1) is 0 Å². The second-order valence-corrected chi connectivity index (χ2v) is 4.46. The molecule has 0 unspecified atom stereocenters. The summed E-state index contributed by atoms with van der Waals surface area (Å²) < 4.78 is 5.12. The van der Waals surface area contributed by atoms with E-state index in [4.69, 9.17) is 17.0 Å². The maximum Gasteiger partial charge on any atom is 0.126 e. The van der Waals surface area contributed by atoms with Gasteiger partial charge >= 0.3 is 0 Å². The third kappa shape index (κ3) is 3.45. The Morgan fingerprint density at radius 3 is 2.63 bits per heavy atom. The molecule has 0 aromatic heterocycles. The van der Waals surface area contributed by atoms with Crippen LogP contribution in [-0.2, 0) is 6.54 Å². The van der Waals surface area contributed by atoms with Crippen molar-refractivity contribution < 1.29 is 9.84 Å². The summed E-state index contributed by atoms with van der Waals surface area (Å²) in [6, 6.07) is 14.9. The molecule has 0 atom stereocenters. The van der Waals surface area contributed by atoms with Gasteiger partial charge in [-0.25, -0.2) is 0 Å². The van der Waals surface area contributed by atoms with Gasteiger partial charge in [-0.3, -0.25) is 0 Å². The van der Waals surface area contributed by atoms with Crippen LogP contribution in [0.5, 0.6) is 11.5 Å². The van der Waals surface area contributed by atoms with Gasteiger partial charge in [0.1, 0.15) is 16.5 Å². The van der Waals surface area contributed by atoms with Crippen LogP contribution in [0.2, 0.25) is 0 Å². The molecule has 0 aliphatic heterocycles. The molecule has 2 aromatic carbocycles. The molecule has 0 saturated heterocycles. The number of phenols is 1. The summed E-state index contributed by atoms with van der Waals surface area (Å²) in [5.41, 5.74) is 1.71. The summed E-state index contributed by atoms with van der Waals surface area (Å²) in [6.45, 7) is 0.621. The fraction of sp³-hybridized carbons (Fsp3) is 0.133. The Hall–Kier alpha value is -2.07. The first-order valence-electron chi connectivity index (χ1n) is 5.90. The molecule has 2 rings (SSSR count). The van der Waals surface area contributed by atoms with Gasteiger partial charge in [0.25, 0.3) is 0 Å². The van der Waals surface area contributed by atoms with Gasteiger partial charge < -0.3 is 15.2 Å². The van der Waals surface area contributed by atoms with E-state index in [1.165, 1.54) is 0 Å². The number of nitrogens with one attached hydrogen (secondary N) is 1. The SMILES string of the molecule is COc1ccc(O)c(C(=S)NCc2ccccc2)c1. The van der Waals surface area contributed by atoms with Gasteiger partial charge in [0.15, 0.2) is 0 Å². The molecular weight excluding hydrogens is 258 g/mol. The predicted octanol–water partition coefficient (Wildman–Crippen LogP) is 2.87. The van der Waals surface area contributed by atoms with Crippen LogP contribution in [0.3, 0.4) is 0 Å². The van der Waals surface area contributed by atoms with Crippen molar-refractivity contribution in [2.45, 2.75) is 6.54 Å². The highest BCUT2D eigenvalue weighted by atomic mass is 32.1. The highest BCUT2D eigenvalue weighted by molar-refractivity contribution is 7.80. The number of rotatable bonds is 4. The first-order valence-corrected chi connectivity index (χ1v) is 6.30. The maximum atomic E-state index is 9.82. The van der Waals surface area contributed by atoms with Gasteiger partial charge in [-0.2, -0.15) is 0 Å². The second kappa shape index (κ2) is 6.20. The molecule has 0 aliphatic carbocycles. The number of aromatic hydroxyl groups is 1. The fourth-order valence-corrected chi connectivity index (χ4v) is 1.93. The zero-order chi connectivity index (χ0) is 13.7. The quantitative estimate of drug-likeness (QED) is 0.841. The summed E-state index contributed by atoms with van der Waals surface area (Å²) in [5.74, 6) is 0.808. The van der Waals surface area contributed by atoms with Gasteiger partial charge in [-0.1, -0.05) is 42.5 Å². The second-order valence-electron chi connectivity index (χ2n) is 4.05. The van der Waals surface area contributed by atoms with E-state index in [2.05, 4.69) is 5.32 Å². The molecule has 4 heteroatoms. The summed E-state index contributed by atoms with van der Waals surface area (Å²) in [7, 11) is 1.58.